The van der Waals surface area contributed by atoms with E-state index in [0.717, 1.165) is 31.5 Å². The monoisotopic (exact) mass is 343 g/mol. The Labute approximate surface area is 150 Å². The first-order valence-corrected chi connectivity index (χ1v) is 9.22. The van der Waals surface area contributed by atoms with Crippen LogP contribution < -0.4 is 10.6 Å². The summed E-state index contributed by atoms with van der Waals surface area (Å²) in [5.41, 5.74) is 2.10. The topological polar surface area (TPSA) is 61.4 Å². The van der Waals surface area contributed by atoms with Gasteiger partial charge in [0.2, 0.25) is 11.8 Å². The maximum atomic E-state index is 12.2. The molecule has 2 N–H and O–H groups in total. The molecule has 0 unspecified atom stereocenters. The minimum atomic E-state index is -0.238. The summed E-state index contributed by atoms with van der Waals surface area (Å²) in [6, 6.07) is 8.49. The lowest BCUT2D eigenvalue weighted by molar-refractivity contribution is -0.146. The molecule has 0 radical (unpaired) electrons. The number of carbonyl (C=O) groups excluding carboxylic acids is 2. The maximum Gasteiger partial charge on any atom is 0.234 e. The molecule has 0 saturated carbocycles. The number of rotatable bonds is 5. The van der Waals surface area contributed by atoms with E-state index < -0.39 is 0 Å². The van der Waals surface area contributed by atoms with Crippen molar-refractivity contribution in [3.8, 4) is 0 Å². The molecule has 0 bridgehead atoms. The van der Waals surface area contributed by atoms with Crippen LogP contribution in [0.2, 0.25) is 0 Å². The van der Waals surface area contributed by atoms with Crippen LogP contribution in [0.4, 0.5) is 0 Å². The van der Waals surface area contributed by atoms with Gasteiger partial charge < -0.3 is 10.6 Å². The second kappa shape index (κ2) is 7.16. The van der Waals surface area contributed by atoms with Gasteiger partial charge in [0.1, 0.15) is 0 Å². The van der Waals surface area contributed by atoms with Crippen molar-refractivity contribution < 1.29 is 9.59 Å². The average molecular weight is 343 g/mol. The molecule has 5 nitrogen and oxygen atoms in total. The molecule has 1 aromatic carbocycles. The quantitative estimate of drug-likeness (QED) is 0.802. The molecule has 2 heterocycles. The Morgan fingerprint density at radius 2 is 2.04 bits per heavy atom. The number of aryl methyl sites for hydroxylation is 1. The number of carbonyl (C=O) groups is 2. The number of hydrogen-bond acceptors (Lipinski definition) is 3. The van der Waals surface area contributed by atoms with Gasteiger partial charge in [-0.1, -0.05) is 29.8 Å². The summed E-state index contributed by atoms with van der Waals surface area (Å²) in [7, 11) is 0. The Hall–Kier alpha value is -1.88. The zero-order valence-corrected chi connectivity index (χ0v) is 15.5. The fourth-order valence-corrected chi connectivity index (χ4v) is 4.00. The number of likely N-dealkylation sites (tertiary alicyclic amines) is 1. The van der Waals surface area contributed by atoms with Crippen molar-refractivity contribution in [1.29, 1.82) is 0 Å². The summed E-state index contributed by atoms with van der Waals surface area (Å²) in [5, 5.41) is 6.08. The SMILES string of the molecule is Cc1cccc(CNC(=O)CN2CCC([C@H]3NC(=O)C3(C)C)CC2)c1. The van der Waals surface area contributed by atoms with Gasteiger partial charge in [0.25, 0.3) is 0 Å². The molecule has 1 aromatic rings. The minimum Gasteiger partial charge on any atom is -0.351 e. The second-order valence-electron chi connectivity index (χ2n) is 8.05. The van der Waals surface area contributed by atoms with Crippen LogP contribution in [0.5, 0.6) is 0 Å². The van der Waals surface area contributed by atoms with Crippen molar-refractivity contribution in [2.75, 3.05) is 19.6 Å². The first-order valence-electron chi connectivity index (χ1n) is 9.22. The van der Waals surface area contributed by atoms with Crippen LogP contribution in [0.25, 0.3) is 0 Å². The molecule has 2 saturated heterocycles. The van der Waals surface area contributed by atoms with Crippen molar-refractivity contribution in [2.45, 2.75) is 46.2 Å². The van der Waals surface area contributed by atoms with E-state index >= 15 is 0 Å². The van der Waals surface area contributed by atoms with E-state index in [-0.39, 0.29) is 23.3 Å². The van der Waals surface area contributed by atoms with Gasteiger partial charge >= 0.3 is 0 Å². The Morgan fingerprint density at radius 3 is 2.64 bits per heavy atom. The van der Waals surface area contributed by atoms with Crippen molar-refractivity contribution in [3.05, 3.63) is 35.4 Å². The summed E-state index contributed by atoms with van der Waals surface area (Å²) in [4.78, 5) is 26.1. The number of β-lactam (4-membered cyclic amide) rings is 1. The standard InChI is InChI=1S/C20H29N3O2/c1-14-5-4-6-15(11-14)12-21-17(24)13-23-9-7-16(8-10-23)18-20(2,3)19(25)22-18/h4-6,11,16,18H,7-10,12-13H2,1-3H3,(H,21,24)(H,22,25)/t18-/m1/s1. The fraction of sp³-hybridized carbons (Fsp3) is 0.600. The Balaban J connectivity index is 1.40. The lowest BCUT2D eigenvalue weighted by Gasteiger charge is -2.50. The lowest BCUT2D eigenvalue weighted by atomic mass is 9.68. The zero-order chi connectivity index (χ0) is 18.0. The fourth-order valence-electron chi connectivity index (χ4n) is 4.00. The molecule has 25 heavy (non-hydrogen) atoms. The molecule has 2 aliphatic rings. The van der Waals surface area contributed by atoms with Gasteiger partial charge in [-0.05, 0) is 58.2 Å². The number of hydrogen-bond donors (Lipinski definition) is 2. The molecule has 1 atom stereocenters. The molecule has 0 aromatic heterocycles. The first-order chi connectivity index (χ1) is 11.9. The number of nitrogens with one attached hydrogen (secondary N) is 2. The van der Waals surface area contributed by atoms with Crippen molar-refractivity contribution >= 4 is 11.8 Å². The second-order valence-corrected chi connectivity index (χ2v) is 8.05. The number of nitrogens with zero attached hydrogens (tertiary/aromatic N) is 1. The van der Waals surface area contributed by atoms with Gasteiger partial charge in [-0.3, -0.25) is 14.5 Å². The lowest BCUT2D eigenvalue weighted by Crippen LogP contribution is -2.68. The predicted molar refractivity (Wildman–Crippen MR) is 97.9 cm³/mol. The molecule has 5 heteroatoms. The van der Waals surface area contributed by atoms with E-state index in [1.54, 1.807) is 0 Å². The van der Waals surface area contributed by atoms with Gasteiger partial charge in [0.15, 0.2) is 0 Å². The zero-order valence-electron chi connectivity index (χ0n) is 15.5. The van der Waals surface area contributed by atoms with Gasteiger partial charge in [0, 0.05) is 12.6 Å². The van der Waals surface area contributed by atoms with Gasteiger partial charge in [0.05, 0.1) is 12.0 Å². The molecule has 3 rings (SSSR count). The molecule has 2 amide bonds. The minimum absolute atomic E-state index is 0.0808. The van der Waals surface area contributed by atoms with Crippen LogP contribution in [0.3, 0.4) is 0 Å². The van der Waals surface area contributed by atoms with Crippen LogP contribution in [-0.4, -0.2) is 42.4 Å². The van der Waals surface area contributed by atoms with Crippen LogP contribution in [0.15, 0.2) is 24.3 Å². The maximum absolute atomic E-state index is 12.2. The van der Waals surface area contributed by atoms with E-state index in [9.17, 15) is 9.59 Å². The van der Waals surface area contributed by atoms with E-state index in [1.165, 1.54) is 5.56 Å². The normalized spacial score (nSPS) is 23.6. The molecule has 136 valence electrons. The molecular formula is C20H29N3O2. The third-order valence-electron chi connectivity index (χ3n) is 5.69. The Bertz CT molecular complexity index is 648. The molecule has 2 fully saturated rings. The highest BCUT2D eigenvalue weighted by Gasteiger charge is 2.50. The van der Waals surface area contributed by atoms with E-state index in [1.807, 2.05) is 26.0 Å². The number of amides is 2. The highest BCUT2D eigenvalue weighted by atomic mass is 16.2. The average Bonchev–Trinajstić information content (AvgIpc) is 2.59. The molecule has 2 aliphatic heterocycles. The van der Waals surface area contributed by atoms with Crippen LogP contribution in [0.1, 0.15) is 37.8 Å². The smallest absolute Gasteiger partial charge is 0.234 e. The highest BCUT2D eigenvalue weighted by Crippen LogP contribution is 2.38. The molecule has 0 spiro atoms. The summed E-state index contributed by atoms with van der Waals surface area (Å²) in [5.74, 6) is 0.770. The van der Waals surface area contributed by atoms with E-state index in [0.29, 0.717) is 19.0 Å². The van der Waals surface area contributed by atoms with Crippen LogP contribution in [-0.2, 0) is 16.1 Å². The highest BCUT2D eigenvalue weighted by molar-refractivity contribution is 5.89. The van der Waals surface area contributed by atoms with Crippen LogP contribution in [0, 0.1) is 18.3 Å². The molecular weight excluding hydrogens is 314 g/mol. The molecule has 0 aliphatic carbocycles. The predicted octanol–water partition coefficient (Wildman–Crippen LogP) is 1.85. The third kappa shape index (κ3) is 4.03. The summed E-state index contributed by atoms with van der Waals surface area (Å²) >= 11 is 0. The summed E-state index contributed by atoms with van der Waals surface area (Å²) < 4.78 is 0. The van der Waals surface area contributed by atoms with Crippen molar-refractivity contribution in [2.24, 2.45) is 11.3 Å². The van der Waals surface area contributed by atoms with Crippen molar-refractivity contribution in [1.82, 2.24) is 15.5 Å². The third-order valence-corrected chi connectivity index (χ3v) is 5.69. The first kappa shape index (κ1) is 17.9. The number of piperidine rings is 1. The van der Waals surface area contributed by atoms with E-state index in [4.69, 9.17) is 0 Å². The van der Waals surface area contributed by atoms with Crippen molar-refractivity contribution in [3.63, 3.8) is 0 Å². The summed E-state index contributed by atoms with van der Waals surface area (Å²) in [6.45, 7) is 9.00. The van der Waals surface area contributed by atoms with E-state index in [2.05, 4.69) is 34.6 Å². The van der Waals surface area contributed by atoms with Gasteiger partial charge in [-0.25, -0.2) is 0 Å². The summed E-state index contributed by atoms with van der Waals surface area (Å²) in [6.07, 6.45) is 2.08. The van der Waals surface area contributed by atoms with Crippen LogP contribution >= 0.6 is 0 Å². The Morgan fingerprint density at radius 1 is 1.32 bits per heavy atom. The van der Waals surface area contributed by atoms with Gasteiger partial charge in [-0.15, -0.1) is 0 Å². The Kier molecular flexibility index (Phi) is 5.13. The number of benzene rings is 1. The largest absolute Gasteiger partial charge is 0.351 e. The van der Waals surface area contributed by atoms with Gasteiger partial charge in [-0.2, -0.15) is 0 Å².